The Kier molecular flexibility index (Phi) is 7.15. The summed E-state index contributed by atoms with van der Waals surface area (Å²) in [6.07, 6.45) is 1.53. The quantitative estimate of drug-likeness (QED) is 0.428. The van der Waals surface area contributed by atoms with Crippen LogP contribution in [0.4, 0.5) is 0 Å². The molecule has 0 aliphatic heterocycles. The van der Waals surface area contributed by atoms with Gasteiger partial charge in [0.25, 0.3) is 5.91 Å². The Labute approximate surface area is 180 Å². The molecule has 1 N–H and O–H groups in total. The SMILES string of the molecule is Cc1ccc(CN(CC(=O)N/N=C/c2cccs2)S(=O)(=O)c2ccc(C)cc2)cc1. The summed E-state index contributed by atoms with van der Waals surface area (Å²) in [4.78, 5) is 13.5. The van der Waals surface area contributed by atoms with Gasteiger partial charge in [-0.1, -0.05) is 53.6 Å². The van der Waals surface area contributed by atoms with Gasteiger partial charge in [0, 0.05) is 11.4 Å². The number of amides is 1. The molecule has 0 bridgehead atoms. The van der Waals surface area contributed by atoms with Crippen LogP contribution in [0.15, 0.2) is 76.0 Å². The summed E-state index contributed by atoms with van der Waals surface area (Å²) in [7, 11) is -3.87. The predicted molar refractivity (Wildman–Crippen MR) is 120 cm³/mol. The summed E-state index contributed by atoms with van der Waals surface area (Å²) in [5.74, 6) is -0.509. The van der Waals surface area contributed by atoms with E-state index in [2.05, 4.69) is 10.5 Å². The third kappa shape index (κ3) is 5.85. The zero-order chi connectivity index (χ0) is 21.6. The van der Waals surface area contributed by atoms with Gasteiger partial charge in [0.2, 0.25) is 10.0 Å². The Balaban J connectivity index is 1.80. The minimum atomic E-state index is -3.87. The predicted octanol–water partition coefficient (Wildman–Crippen LogP) is 3.71. The Bertz CT molecular complexity index is 1110. The fourth-order valence-corrected chi connectivity index (χ4v) is 4.68. The number of nitrogens with zero attached hydrogens (tertiary/aromatic N) is 2. The maximum atomic E-state index is 13.2. The van der Waals surface area contributed by atoms with Crippen molar-refractivity contribution in [3.63, 3.8) is 0 Å². The highest BCUT2D eigenvalue weighted by Crippen LogP contribution is 2.19. The van der Waals surface area contributed by atoms with Gasteiger partial charge >= 0.3 is 0 Å². The Morgan fingerprint density at radius 3 is 2.27 bits per heavy atom. The van der Waals surface area contributed by atoms with Crippen LogP contribution in [0.25, 0.3) is 0 Å². The number of hydrogen-bond donors (Lipinski definition) is 1. The lowest BCUT2D eigenvalue weighted by Crippen LogP contribution is -2.39. The third-order valence-corrected chi connectivity index (χ3v) is 7.00. The van der Waals surface area contributed by atoms with Crippen molar-refractivity contribution in [2.75, 3.05) is 6.54 Å². The minimum absolute atomic E-state index is 0.0819. The molecule has 3 rings (SSSR count). The van der Waals surface area contributed by atoms with Gasteiger partial charge in [-0.15, -0.1) is 11.3 Å². The fourth-order valence-electron chi connectivity index (χ4n) is 2.71. The molecular weight excluding hydrogens is 418 g/mol. The molecule has 1 amide bonds. The van der Waals surface area contributed by atoms with Crippen molar-refractivity contribution >= 4 is 33.5 Å². The van der Waals surface area contributed by atoms with Gasteiger partial charge in [-0.3, -0.25) is 4.79 Å². The van der Waals surface area contributed by atoms with Gasteiger partial charge in [0.15, 0.2) is 0 Å². The number of carbonyl (C=O) groups is 1. The van der Waals surface area contributed by atoms with Gasteiger partial charge < -0.3 is 0 Å². The molecule has 8 heteroatoms. The van der Waals surface area contributed by atoms with Crippen molar-refractivity contribution in [3.05, 3.63) is 87.6 Å². The van der Waals surface area contributed by atoms with Crippen molar-refractivity contribution in [2.24, 2.45) is 5.10 Å². The normalized spacial score (nSPS) is 11.8. The number of aryl methyl sites for hydroxylation is 2. The third-order valence-electron chi connectivity index (χ3n) is 4.38. The van der Waals surface area contributed by atoms with E-state index in [9.17, 15) is 13.2 Å². The largest absolute Gasteiger partial charge is 0.272 e. The van der Waals surface area contributed by atoms with Crippen LogP contribution in [-0.2, 0) is 21.4 Å². The molecule has 2 aromatic carbocycles. The molecule has 0 spiro atoms. The van der Waals surface area contributed by atoms with E-state index in [0.717, 1.165) is 21.6 Å². The first-order valence-electron chi connectivity index (χ1n) is 9.32. The molecule has 3 aromatic rings. The van der Waals surface area contributed by atoms with Crippen molar-refractivity contribution in [2.45, 2.75) is 25.3 Å². The first-order chi connectivity index (χ1) is 14.3. The monoisotopic (exact) mass is 441 g/mol. The smallest absolute Gasteiger partial charge is 0.255 e. The summed E-state index contributed by atoms with van der Waals surface area (Å²) < 4.78 is 27.6. The van der Waals surface area contributed by atoms with E-state index in [1.165, 1.54) is 21.9 Å². The van der Waals surface area contributed by atoms with Crippen LogP contribution in [0.1, 0.15) is 21.6 Å². The minimum Gasteiger partial charge on any atom is -0.272 e. The van der Waals surface area contributed by atoms with Gasteiger partial charge in [-0.25, -0.2) is 13.8 Å². The molecule has 6 nitrogen and oxygen atoms in total. The van der Waals surface area contributed by atoms with Gasteiger partial charge in [0.1, 0.15) is 0 Å². The molecule has 0 radical (unpaired) electrons. The van der Waals surface area contributed by atoms with Gasteiger partial charge in [0.05, 0.1) is 17.7 Å². The van der Waals surface area contributed by atoms with Crippen LogP contribution in [0.5, 0.6) is 0 Å². The first-order valence-corrected chi connectivity index (χ1v) is 11.6. The summed E-state index contributed by atoms with van der Waals surface area (Å²) in [5.41, 5.74) is 5.24. The molecular formula is C22H23N3O3S2. The average Bonchev–Trinajstić information content (AvgIpc) is 3.23. The van der Waals surface area contributed by atoms with Gasteiger partial charge in [-0.05, 0) is 43.0 Å². The lowest BCUT2D eigenvalue weighted by atomic mass is 10.1. The second kappa shape index (κ2) is 9.80. The Morgan fingerprint density at radius 1 is 1.03 bits per heavy atom. The molecule has 0 saturated carbocycles. The Hall–Kier alpha value is -2.81. The molecule has 1 aromatic heterocycles. The molecule has 30 heavy (non-hydrogen) atoms. The van der Waals surface area contributed by atoms with Crippen LogP contribution in [0.3, 0.4) is 0 Å². The number of nitrogens with one attached hydrogen (secondary N) is 1. The number of sulfonamides is 1. The van der Waals surface area contributed by atoms with E-state index in [1.807, 2.05) is 55.6 Å². The van der Waals surface area contributed by atoms with E-state index in [4.69, 9.17) is 0 Å². The number of hydrazone groups is 1. The van der Waals surface area contributed by atoms with E-state index in [0.29, 0.717) is 0 Å². The second-order valence-corrected chi connectivity index (χ2v) is 9.80. The molecule has 0 saturated heterocycles. The van der Waals surface area contributed by atoms with Crippen molar-refractivity contribution in [3.8, 4) is 0 Å². The van der Waals surface area contributed by atoms with Crippen molar-refractivity contribution < 1.29 is 13.2 Å². The molecule has 0 atom stereocenters. The van der Waals surface area contributed by atoms with E-state index < -0.39 is 15.9 Å². The lowest BCUT2D eigenvalue weighted by molar-refractivity contribution is -0.121. The van der Waals surface area contributed by atoms with Gasteiger partial charge in [-0.2, -0.15) is 9.41 Å². The molecule has 0 aliphatic rings. The average molecular weight is 442 g/mol. The Morgan fingerprint density at radius 2 is 1.67 bits per heavy atom. The number of hydrogen-bond acceptors (Lipinski definition) is 5. The summed E-state index contributed by atoms with van der Waals surface area (Å²) in [6.45, 7) is 3.59. The van der Waals surface area contributed by atoms with Crippen molar-refractivity contribution in [1.82, 2.24) is 9.73 Å². The van der Waals surface area contributed by atoms with Crippen LogP contribution in [0, 0.1) is 13.8 Å². The fraction of sp³-hybridized carbons (Fsp3) is 0.182. The van der Waals surface area contributed by atoms with Crippen molar-refractivity contribution in [1.29, 1.82) is 0 Å². The van der Waals surface area contributed by atoms with E-state index in [-0.39, 0.29) is 18.0 Å². The number of carbonyl (C=O) groups excluding carboxylic acids is 1. The van der Waals surface area contributed by atoms with Crippen LogP contribution in [-0.4, -0.2) is 31.4 Å². The molecule has 0 aliphatic carbocycles. The molecule has 0 fully saturated rings. The second-order valence-electron chi connectivity index (χ2n) is 6.88. The summed E-state index contributed by atoms with van der Waals surface area (Å²) >= 11 is 1.49. The highest BCUT2D eigenvalue weighted by Gasteiger charge is 2.26. The summed E-state index contributed by atoms with van der Waals surface area (Å²) in [6, 6.07) is 17.9. The lowest BCUT2D eigenvalue weighted by Gasteiger charge is -2.21. The zero-order valence-electron chi connectivity index (χ0n) is 16.8. The van der Waals surface area contributed by atoms with Crippen LogP contribution >= 0.6 is 11.3 Å². The van der Waals surface area contributed by atoms with Crippen LogP contribution in [0.2, 0.25) is 0 Å². The summed E-state index contributed by atoms with van der Waals surface area (Å²) in [5, 5.41) is 5.82. The number of thiophene rings is 1. The topological polar surface area (TPSA) is 78.8 Å². The highest BCUT2D eigenvalue weighted by atomic mass is 32.2. The maximum absolute atomic E-state index is 13.2. The number of rotatable bonds is 8. The maximum Gasteiger partial charge on any atom is 0.255 e. The standard InChI is InChI=1S/C22H23N3O3S2/c1-17-5-9-19(10-6-17)15-25(30(27,28)21-11-7-18(2)8-12-21)16-22(26)24-23-14-20-4-3-13-29-20/h3-14H,15-16H2,1-2H3,(H,24,26)/b23-14+. The van der Waals surface area contributed by atoms with E-state index >= 15 is 0 Å². The highest BCUT2D eigenvalue weighted by molar-refractivity contribution is 7.89. The van der Waals surface area contributed by atoms with Crippen LogP contribution < -0.4 is 5.43 Å². The molecule has 156 valence electrons. The molecule has 1 heterocycles. The molecule has 0 unspecified atom stereocenters. The number of benzene rings is 2. The van der Waals surface area contributed by atoms with E-state index in [1.54, 1.807) is 24.3 Å². The first kappa shape index (κ1) is 21.9. The zero-order valence-corrected chi connectivity index (χ0v) is 18.4.